The van der Waals surface area contributed by atoms with E-state index in [0.717, 1.165) is 4.47 Å². The molecular weight excluding hydrogens is 358 g/mol. The Morgan fingerprint density at radius 2 is 1.70 bits per heavy atom. The Bertz CT molecular complexity index is 749. The van der Waals surface area contributed by atoms with Crippen molar-refractivity contribution in [1.82, 2.24) is 5.32 Å². The summed E-state index contributed by atoms with van der Waals surface area (Å²) in [5.74, 6) is -0.653. The van der Waals surface area contributed by atoms with E-state index in [1.807, 2.05) is 6.07 Å². The zero-order valence-electron chi connectivity index (χ0n) is 12.3. The minimum absolute atomic E-state index is 0.319. The minimum Gasteiger partial charge on any atom is -0.341 e. The predicted molar refractivity (Wildman–Crippen MR) is 90.9 cm³/mol. The molecule has 0 aliphatic heterocycles. The highest BCUT2D eigenvalue weighted by atomic mass is 79.9. The van der Waals surface area contributed by atoms with E-state index in [0.29, 0.717) is 16.8 Å². The second-order valence-corrected chi connectivity index (χ2v) is 5.80. The van der Waals surface area contributed by atoms with Gasteiger partial charge in [-0.25, -0.2) is 0 Å². The van der Waals surface area contributed by atoms with Crippen LogP contribution in [-0.4, -0.2) is 17.9 Å². The molecule has 5 nitrogen and oxygen atoms in total. The van der Waals surface area contributed by atoms with Gasteiger partial charge in [0.25, 0.3) is 5.91 Å². The highest BCUT2D eigenvalue weighted by molar-refractivity contribution is 9.10. The molecule has 23 heavy (non-hydrogen) atoms. The van der Waals surface area contributed by atoms with Crippen LogP contribution in [0.3, 0.4) is 0 Å². The van der Waals surface area contributed by atoms with Gasteiger partial charge in [0.1, 0.15) is 6.04 Å². The van der Waals surface area contributed by atoms with E-state index in [2.05, 4.69) is 26.6 Å². The van der Waals surface area contributed by atoms with Gasteiger partial charge in [-0.2, -0.15) is 5.26 Å². The van der Waals surface area contributed by atoms with Gasteiger partial charge in [-0.1, -0.05) is 15.9 Å². The third-order valence-corrected chi connectivity index (χ3v) is 3.66. The number of carbonyl (C=O) groups excluding carboxylic acids is 2. The van der Waals surface area contributed by atoms with Crippen LogP contribution in [0.4, 0.5) is 5.69 Å². The first-order chi connectivity index (χ1) is 11.0. The molecule has 0 radical (unpaired) electrons. The molecule has 116 valence electrons. The number of halogens is 1. The fourth-order valence-corrected chi connectivity index (χ4v) is 2.09. The van der Waals surface area contributed by atoms with Crippen molar-refractivity contribution in [2.45, 2.75) is 13.0 Å². The lowest BCUT2D eigenvalue weighted by Crippen LogP contribution is -2.41. The summed E-state index contributed by atoms with van der Waals surface area (Å²) in [7, 11) is 0. The number of carbonyl (C=O) groups is 2. The van der Waals surface area contributed by atoms with E-state index in [9.17, 15) is 9.59 Å². The number of benzene rings is 2. The van der Waals surface area contributed by atoms with Crippen molar-refractivity contribution in [3.8, 4) is 6.07 Å². The average Bonchev–Trinajstić information content (AvgIpc) is 2.56. The molecular formula is C17H14BrN3O2. The molecule has 1 atom stereocenters. The van der Waals surface area contributed by atoms with Gasteiger partial charge in [-0.3, -0.25) is 9.59 Å². The summed E-state index contributed by atoms with van der Waals surface area (Å²) in [5, 5.41) is 14.1. The van der Waals surface area contributed by atoms with Crippen LogP contribution in [-0.2, 0) is 4.79 Å². The Morgan fingerprint density at radius 3 is 2.26 bits per heavy atom. The lowest BCUT2D eigenvalue weighted by atomic mass is 10.2. The van der Waals surface area contributed by atoms with E-state index >= 15 is 0 Å². The molecule has 0 saturated heterocycles. The highest BCUT2D eigenvalue weighted by Crippen LogP contribution is 2.11. The van der Waals surface area contributed by atoms with Gasteiger partial charge >= 0.3 is 0 Å². The number of amides is 2. The number of rotatable bonds is 4. The molecule has 0 aliphatic carbocycles. The molecule has 0 bridgehead atoms. The number of hydrogen-bond donors (Lipinski definition) is 2. The standard InChI is InChI=1S/C17H14BrN3O2/c1-11(20-17(23)13-4-6-14(18)7-5-13)16(22)21-15-8-2-12(10-19)3-9-15/h2-9,11H,1H3,(H,20,23)(H,21,22)/t11-/m0/s1. The zero-order valence-corrected chi connectivity index (χ0v) is 13.9. The third kappa shape index (κ3) is 4.66. The van der Waals surface area contributed by atoms with Crippen molar-refractivity contribution in [2.75, 3.05) is 5.32 Å². The molecule has 0 unspecified atom stereocenters. The number of hydrogen-bond acceptors (Lipinski definition) is 3. The van der Waals surface area contributed by atoms with Crippen LogP contribution in [0.2, 0.25) is 0 Å². The molecule has 0 aromatic heterocycles. The first-order valence-electron chi connectivity index (χ1n) is 6.87. The number of nitriles is 1. The maximum Gasteiger partial charge on any atom is 0.251 e. The van der Waals surface area contributed by atoms with Crippen molar-refractivity contribution in [3.05, 3.63) is 64.1 Å². The van der Waals surface area contributed by atoms with Gasteiger partial charge in [0.2, 0.25) is 5.91 Å². The number of anilines is 1. The summed E-state index contributed by atoms with van der Waals surface area (Å²) in [6, 6.07) is 14.7. The van der Waals surface area contributed by atoms with Crippen LogP contribution in [0.15, 0.2) is 53.0 Å². The Balaban J connectivity index is 1.95. The molecule has 2 aromatic carbocycles. The van der Waals surface area contributed by atoms with Crippen LogP contribution in [0, 0.1) is 11.3 Å². The SMILES string of the molecule is C[C@H](NC(=O)c1ccc(Br)cc1)C(=O)Nc1ccc(C#N)cc1. The maximum atomic E-state index is 12.1. The molecule has 2 aromatic rings. The molecule has 0 fully saturated rings. The van der Waals surface area contributed by atoms with Gasteiger partial charge < -0.3 is 10.6 Å². The molecule has 0 heterocycles. The summed E-state index contributed by atoms with van der Waals surface area (Å²) in [6.07, 6.45) is 0. The quantitative estimate of drug-likeness (QED) is 0.866. The van der Waals surface area contributed by atoms with E-state index in [1.165, 1.54) is 0 Å². The van der Waals surface area contributed by atoms with Crippen LogP contribution in [0.25, 0.3) is 0 Å². The lowest BCUT2D eigenvalue weighted by molar-refractivity contribution is -0.117. The van der Waals surface area contributed by atoms with Gasteiger partial charge in [0.05, 0.1) is 11.6 Å². The Kier molecular flexibility index (Phi) is 5.50. The van der Waals surface area contributed by atoms with Crippen molar-refractivity contribution in [2.24, 2.45) is 0 Å². The zero-order chi connectivity index (χ0) is 16.8. The van der Waals surface area contributed by atoms with Crippen molar-refractivity contribution in [3.63, 3.8) is 0 Å². The molecule has 2 amide bonds. The Labute approximate surface area is 142 Å². The molecule has 0 saturated carbocycles. The lowest BCUT2D eigenvalue weighted by Gasteiger charge is -2.14. The minimum atomic E-state index is -0.693. The largest absolute Gasteiger partial charge is 0.341 e. The van der Waals surface area contributed by atoms with Gasteiger partial charge in [-0.05, 0) is 55.5 Å². The first kappa shape index (κ1) is 16.7. The highest BCUT2D eigenvalue weighted by Gasteiger charge is 2.16. The van der Waals surface area contributed by atoms with E-state index in [1.54, 1.807) is 55.5 Å². The fraction of sp³-hybridized carbons (Fsp3) is 0.118. The Hall–Kier alpha value is -2.65. The van der Waals surface area contributed by atoms with Gasteiger partial charge in [0.15, 0.2) is 0 Å². The molecule has 2 rings (SSSR count). The number of nitrogens with one attached hydrogen (secondary N) is 2. The first-order valence-corrected chi connectivity index (χ1v) is 7.66. The molecule has 0 spiro atoms. The van der Waals surface area contributed by atoms with Gasteiger partial charge in [0, 0.05) is 15.7 Å². The molecule has 2 N–H and O–H groups in total. The van der Waals surface area contributed by atoms with Crippen LogP contribution in [0.5, 0.6) is 0 Å². The van der Waals surface area contributed by atoms with Crippen LogP contribution in [0.1, 0.15) is 22.8 Å². The second kappa shape index (κ2) is 7.56. The smallest absolute Gasteiger partial charge is 0.251 e. The van der Waals surface area contributed by atoms with E-state index < -0.39 is 6.04 Å². The van der Waals surface area contributed by atoms with Gasteiger partial charge in [-0.15, -0.1) is 0 Å². The summed E-state index contributed by atoms with van der Waals surface area (Å²) in [6.45, 7) is 1.61. The normalized spacial score (nSPS) is 11.2. The topological polar surface area (TPSA) is 82.0 Å². The van der Waals surface area contributed by atoms with Crippen molar-refractivity contribution < 1.29 is 9.59 Å². The maximum absolute atomic E-state index is 12.1. The second-order valence-electron chi connectivity index (χ2n) is 4.88. The fourth-order valence-electron chi connectivity index (χ4n) is 1.83. The monoisotopic (exact) mass is 371 g/mol. The summed E-state index contributed by atoms with van der Waals surface area (Å²) < 4.78 is 0.876. The third-order valence-electron chi connectivity index (χ3n) is 3.13. The van der Waals surface area contributed by atoms with Crippen LogP contribution < -0.4 is 10.6 Å². The Morgan fingerprint density at radius 1 is 1.09 bits per heavy atom. The van der Waals surface area contributed by atoms with Crippen molar-refractivity contribution in [1.29, 1.82) is 5.26 Å². The predicted octanol–water partition coefficient (Wildman–Crippen LogP) is 3.08. The number of nitrogens with zero attached hydrogens (tertiary/aromatic N) is 1. The summed E-state index contributed by atoms with van der Waals surface area (Å²) in [4.78, 5) is 24.2. The summed E-state index contributed by atoms with van der Waals surface area (Å²) >= 11 is 3.30. The average molecular weight is 372 g/mol. The summed E-state index contributed by atoms with van der Waals surface area (Å²) in [5.41, 5.74) is 1.56. The van der Waals surface area contributed by atoms with E-state index in [-0.39, 0.29) is 11.8 Å². The molecule has 6 heteroatoms. The van der Waals surface area contributed by atoms with E-state index in [4.69, 9.17) is 5.26 Å². The van der Waals surface area contributed by atoms with Crippen LogP contribution >= 0.6 is 15.9 Å². The molecule has 0 aliphatic rings. The van der Waals surface area contributed by atoms with Crippen molar-refractivity contribution >= 4 is 33.4 Å².